The fourth-order valence-electron chi connectivity index (χ4n) is 2.77. The van der Waals surface area contributed by atoms with Crippen molar-refractivity contribution in [3.8, 4) is 0 Å². The number of aromatic nitrogens is 1. The van der Waals surface area contributed by atoms with E-state index in [1.165, 1.54) is 6.42 Å². The van der Waals surface area contributed by atoms with Crippen molar-refractivity contribution in [3.05, 3.63) is 30.1 Å². The number of rotatable bonds is 4. The molecule has 1 aliphatic heterocycles. The summed E-state index contributed by atoms with van der Waals surface area (Å²) in [5, 5.41) is 3.21. The van der Waals surface area contributed by atoms with Gasteiger partial charge in [-0.15, -0.1) is 0 Å². The van der Waals surface area contributed by atoms with Gasteiger partial charge in [-0.05, 0) is 50.9 Å². The van der Waals surface area contributed by atoms with Gasteiger partial charge in [-0.2, -0.15) is 0 Å². The van der Waals surface area contributed by atoms with Gasteiger partial charge in [0.15, 0.2) is 0 Å². The summed E-state index contributed by atoms with van der Waals surface area (Å²) in [4.78, 5) is 18.6. The van der Waals surface area contributed by atoms with E-state index >= 15 is 0 Å². The summed E-state index contributed by atoms with van der Waals surface area (Å²) in [5.41, 5.74) is 1.00. The Morgan fingerprint density at radius 1 is 1.63 bits per heavy atom. The number of hydrogen-bond acceptors (Lipinski definition) is 3. The molecule has 2 unspecified atom stereocenters. The largest absolute Gasteiger partial charge is 0.342 e. The van der Waals surface area contributed by atoms with E-state index in [1.807, 2.05) is 31.0 Å². The molecule has 0 bridgehead atoms. The van der Waals surface area contributed by atoms with Gasteiger partial charge in [-0.25, -0.2) is 0 Å². The Morgan fingerprint density at radius 3 is 3.16 bits per heavy atom. The predicted octanol–water partition coefficient (Wildman–Crippen LogP) is 1.64. The Balaban J connectivity index is 1.99. The Morgan fingerprint density at radius 2 is 2.47 bits per heavy atom. The summed E-state index contributed by atoms with van der Waals surface area (Å²) in [6.07, 6.45) is 5.85. The summed E-state index contributed by atoms with van der Waals surface area (Å²) in [6, 6.07) is 3.86. The number of piperidine rings is 1. The van der Waals surface area contributed by atoms with E-state index in [4.69, 9.17) is 0 Å². The van der Waals surface area contributed by atoms with Gasteiger partial charge in [0.05, 0.1) is 5.92 Å². The van der Waals surface area contributed by atoms with E-state index in [9.17, 15) is 4.79 Å². The van der Waals surface area contributed by atoms with Crippen LogP contribution in [0.2, 0.25) is 0 Å². The van der Waals surface area contributed by atoms with Gasteiger partial charge >= 0.3 is 0 Å². The molecule has 0 saturated carbocycles. The predicted molar refractivity (Wildman–Crippen MR) is 75.9 cm³/mol. The maximum Gasteiger partial charge on any atom is 0.229 e. The number of carbonyl (C=O) groups is 1. The summed E-state index contributed by atoms with van der Waals surface area (Å²) in [7, 11) is 1.97. The topological polar surface area (TPSA) is 45.2 Å². The van der Waals surface area contributed by atoms with E-state index < -0.39 is 0 Å². The standard InChI is InChI=1S/C15H23N3O/c1-12(14-6-3-7-17-10-14)15(19)18-8-4-5-13(11-18)9-16-2/h3,6-7,10,12-13,16H,4-5,8-9,11H2,1-2H3. The van der Waals surface area contributed by atoms with Crippen LogP contribution in [0.4, 0.5) is 0 Å². The highest BCUT2D eigenvalue weighted by molar-refractivity contribution is 5.83. The second kappa shape index (κ2) is 6.66. The number of amides is 1. The van der Waals surface area contributed by atoms with Gasteiger partial charge < -0.3 is 10.2 Å². The fourth-order valence-corrected chi connectivity index (χ4v) is 2.77. The van der Waals surface area contributed by atoms with Crippen molar-refractivity contribution in [1.29, 1.82) is 0 Å². The first-order chi connectivity index (χ1) is 9.22. The molecule has 1 N–H and O–H groups in total. The molecule has 1 fully saturated rings. The monoisotopic (exact) mass is 261 g/mol. The molecule has 2 atom stereocenters. The molecule has 0 spiro atoms. The molecule has 2 heterocycles. The number of nitrogens with one attached hydrogen (secondary N) is 1. The van der Waals surface area contributed by atoms with Crippen LogP contribution in [0.3, 0.4) is 0 Å². The Labute approximate surface area is 115 Å². The lowest BCUT2D eigenvalue weighted by molar-refractivity contribution is -0.134. The van der Waals surface area contributed by atoms with Crippen LogP contribution in [0.1, 0.15) is 31.2 Å². The molecule has 19 heavy (non-hydrogen) atoms. The van der Waals surface area contributed by atoms with Crippen LogP contribution in [0.25, 0.3) is 0 Å². The smallest absolute Gasteiger partial charge is 0.229 e. The zero-order chi connectivity index (χ0) is 13.7. The molecule has 1 aliphatic rings. The number of likely N-dealkylation sites (tertiary alicyclic amines) is 1. The van der Waals surface area contributed by atoms with Crippen LogP contribution in [0, 0.1) is 5.92 Å². The van der Waals surface area contributed by atoms with Gasteiger partial charge in [0.2, 0.25) is 5.91 Å². The minimum Gasteiger partial charge on any atom is -0.342 e. The van der Waals surface area contributed by atoms with Crippen molar-refractivity contribution in [1.82, 2.24) is 15.2 Å². The Bertz CT molecular complexity index is 405. The highest BCUT2D eigenvalue weighted by atomic mass is 16.2. The van der Waals surface area contributed by atoms with E-state index in [2.05, 4.69) is 10.3 Å². The SMILES string of the molecule is CNCC1CCCN(C(=O)C(C)c2cccnc2)C1. The molecule has 0 radical (unpaired) electrons. The molecule has 4 nitrogen and oxygen atoms in total. The molecule has 4 heteroatoms. The van der Waals surface area contributed by atoms with E-state index in [-0.39, 0.29) is 11.8 Å². The van der Waals surface area contributed by atoms with Gasteiger partial charge in [-0.3, -0.25) is 9.78 Å². The first-order valence-corrected chi connectivity index (χ1v) is 7.05. The van der Waals surface area contributed by atoms with Gasteiger partial charge in [0.1, 0.15) is 0 Å². The fraction of sp³-hybridized carbons (Fsp3) is 0.600. The van der Waals surface area contributed by atoms with Gasteiger partial charge in [0.25, 0.3) is 0 Å². The van der Waals surface area contributed by atoms with Crippen LogP contribution in [-0.2, 0) is 4.79 Å². The van der Waals surface area contributed by atoms with Crippen LogP contribution in [-0.4, -0.2) is 42.5 Å². The molecule has 104 valence electrons. The second-order valence-corrected chi connectivity index (χ2v) is 5.36. The average Bonchev–Trinajstić information content (AvgIpc) is 2.47. The third-order valence-electron chi connectivity index (χ3n) is 3.88. The Hall–Kier alpha value is -1.42. The molecular formula is C15H23N3O. The van der Waals surface area contributed by atoms with Crippen molar-refractivity contribution in [3.63, 3.8) is 0 Å². The number of carbonyl (C=O) groups excluding carboxylic acids is 1. The molecular weight excluding hydrogens is 238 g/mol. The molecule has 1 amide bonds. The van der Waals surface area contributed by atoms with Gasteiger partial charge in [-0.1, -0.05) is 6.07 Å². The van der Waals surface area contributed by atoms with E-state index in [0.717, 1.165) is 31.6 Å². The first kappa shape index (κ1) is 14.0. The summed E-state index contributed by atoms with van der Waals surface area (Å²) in [6.45, 7) is 4.74. The average molecular weight is 261 g/mol. The summed E-state index contributed by atoms with van der Waals surface area (Å²) < 4.78 is 0. The molecule has 1 saturated heterocycles. The summed E-state index contributed by atoms with van der Waals surface area (Å²) >= 11 is 0. The quantitative estimate of drug-likeness (QED) is 0.896. The third-order valence-corrected chi connectivity index (χ3v) is 3.88. The maximum atomic E-state index is 12.5. The van der Waals surface area contributed by atoms with Crippen molar-refractivity contribution in [2.24, 2.45) is 5.92 Å². The van der Waals surface area contributed by atoms with Crippen LogP contribution < -0.4 is 5.32 Å². The van der Waals surface area contributed by atoms with E-state index in [0.29, 0.717) is 5.92 Å². The van der Waals surface area contributed by atoms with Crippen LogP contribution in [0.15, 0.2) is 24.5 Å². The lowest BCUT2D eigenvalue weighted by atomic mass is 9.95. The van der Waals surface area contributed by atoms with Crippen molar-refractivity contribution >= 4 is 5.91 Å². The number of nitrogens with zero attached hydrogens (tertiary/aromatic N) is 2. The molecule has 2 rings (SSSR count). The molecule has 0 aromatic carbocycles. The van der Waals surface area contributed by atoms with E-state index in [1.54, 1.807) is 12.4 Å². The van der Waals surface area contributed by atoms with Crippen molar-refractivity contribution in [2.75, 3.05) is 26.7 Å². The highest BCUT2D eigenvalue weighted by Crippen LogP contribution is 2.22. The zero-order valence-corrected chi connectivity index (χ0v) is 11.8. The summed E-state index contributed by atoms with van der Waals surface area (Å²) in [5.74, 6) is 0.722. The highest BCUT2D eigenvalue weighted by Gasteiger charge is 2.27. The van der Waals surface area contributed by atoms with Crippen molar-refractivity contribution in [2.45, 2.75) is 25.7 Å². The minimum atomic E-state index is -0.0953. The van der Waals surface area contributed by atoms with Crippen LogP contribution in [0.5, 0.6) is 0 Å². The van der Waals surface area contributed by atoms with Crippen LogP contribution >= 0.6 is 0 Å². The number of hydrogen-bond donors (Lipinski definition) is 1. The normalized spacial score (nSPS) is 21.2. The molecule has 0 aliphatic carbocycles. The minimum absolute atomic E-state index is 0.0953. The second-order valence-electron chi connectivity index (χ2n) is 5.36. The first-order valence-electron chi connectivity index (χ1n) is 7.05. The number of pyridine rings is 1. The molecule has 1 aromatic rings. The molecule has 1 aromatic heterocycles. The lowest BCUT2D eigenvalue weighted by Crippen LogP contribution is -2.44. The Kier molecular flexibility index (Phi) is 4.91. The van der Waals surface area contributed by atoms with Crippen molar-refractivity contribution < 1.29 is 4.79 Å². The lowest BCUT2D eigenvalue weighted by Gasteiger charge is -2.34. The maximum absolute atomic E-state index is 12.5. The van der Waals surface area contributed by atoms with Gasteiger partial charge in [0, 0.05) is 25.5 Å². The third kappa shape index (κ3) is 3.53. The zero-order valence-electron chi connectivity index (χ0n) is 11.8.